The summed E-state index contributed by atoms with van der Waals surface area (Å²) in [5.41, 5.74) is 7.26. The molecule has 3 aromatic heterocycles. The molecule has 3 aromatic rings. The van der Waals surface area contributed by atoms with Gasteiger partial charge in [-0.05, 0) is 12.1 Å². The number of nitrogens with zero attached hydrogens (tertiary/aromatic N) is 4. The van der Waals surface area contributed by atoms with Gasteiger partial charge in [-0.3, -0.25) is 0 Å². The highest BCUT2D eigenvalue weighted by Gasteiger charge is 2.09. The van der Waals surface area contributed by atoms with Crippen molar-refractivity contribution in [2.75, 3.05) is 5.73 Å². The highest BCUT2D eigenvalue weighted by Crippen LogP contribution is 2.22. The van der Waals surface area contributed by atoms with Crippen LogP contribution in [-0.2, 0) is 0 Å². The first-order valence-corrected chi connectivity index (χ1v) is 4.33. The Morgan fingerprint density at radius 3 is 3.07 bits per heavy atom. The third-order valence-electron chi connectivity index (χ3n) is 2.17. The average molecular weight is 201 g/mol. The Balaban J connectivity index is 2.34. The number of hydrogen-bond acceptors (Lipinski definition) is 5. The van der Waals surface area contributed by atoms with Gasteiger partial charge in [-0.15, -0.1) is 0 Å². The molecule has 74 valence electrons. The van der Waals surface area contributed by atoms with Crippen LogP contribution in [0.3, 0.4) is 0 Å². The van der Waals surface area contributed by atoms with Crippen LogP contribution < -0.4 is 5.73 Å². The van der Waals surface area contributed by atoms with Crippen LogP contribution in [0.25, 0.3) is 17.0 Å². The molecule has 0 amide bonds. The molecular formula is C9H7N5O. The van der Waals surface area contributed by atoms with E-state index in [4.69, 9.17) is 10.2 Å². The highest BCUT2D eigenvalue weighted by molar-refractivity contribution is 5.70. The molecule has 0 bridgehead atoms. The summed E-state index contributed by atoms with van der Waals surface area (Å²) in [5, 5.41) is 4.10. The van der Waals surface area contributed by atoms with Gasteiger partial charge in [-0.1, -0.05) is 0 Å². The van der Waals surface area contributed by atoms with Gasteiger partial charge in [0.15, 0.2) is 18.0 Å². The van der Waals surface area contributed by atoms with Crippen molar-refractivity contribution in [1.82, 2.24) is 19.6 Å². The van der Waals surface area contributed by atoms with Crippen molar-refractivity contribution in [1.29, 1.82) is 0 Å². The molecule has 0 unspecified atom stereocenters. The lowest BCUT2D eigenvalue weighted by atomic mass is 10.4. The molecule has 15 heavy (non-hydrogen) atoms. The number of fused-ring (bicyclic) bond motifs is 1. The van der Waals surface area contributed by atoms with E-state index in [1.54, 1.807) is 10.7 Å². The normalized spacial score (nSPS) is 10.9. The molecule has 0 aliphatic rings. The van der Waals surface area contributed by atoms with Crippen LogP contribution in [-0.4, -0.2) is 19.6 Å². The Bertz CT molecular complexity index is 598. The summed E-state index contributed by atoms with van der Waals surface area (Å²) in [6, 6.07) is 3.70. The van der Waals surface area contributed by atoms with Crippen molar-refractivity contribution in [2.24, 2.45) is 0 Å². The molecule has 0 spiro atoms. The maximum atomic E-state index is 5.70. The van der Waals surface area contributed by atoms with Crippen molar-refractivity contribution >= 4 is 11.3 Å². The molecule has 0 saturated carbocycles. The largest absolute Gasteiger partial charge is 0.442 e. The van der Waals surface area contributed by atoms with E-state index in [0.717, 1.165) is 11.2 Å². The minimum Gasteiger partial charge on any atom is -0.442 e. The number of rotatable bonds is 1. The number of oxazole rings is 1. The van der Waals surface area contributed by atoms with E-state index in [1.165, 1.54) is 12.7 Å². The molecular weight excluding hydrogens is 194 g/mol. The van der Waals surface area contributed by atoms with Gasteiger partial charge in [-0.25, -0.2) is 14.5 Å². The van der Waals surface area contributed by atoms with E-state index in [-0.39, 0.29) is 0 Å². The molecule has 0 atom stereocenters. The molecule has 0 aliphatic carbocycles. The molecule has 6 nitrogen and oxygen atoms in total. The summed E-state index contributed by atoms with van der Waals surface area (Å²) in [6.45, 7) is 0. The minimum absolute atomic E-state index is 0.441. The number of anilines is 1. The zero-order chi connectivity index (χ0) is 10.3. The molecule has 0 aromatic carbocycles. The Hall–Kier alpha value is -2.37. The summed E-state index contributed by atoms with van der Waals surface area (Å²) in [7, 11) is 0. The third kappa shape index (κ3) is 1.08. The van der Waals surface area contributed by atoms with E-state index >= 15 is 0 Å². The number of aromatic nitrogens is 4. The minimum atomic E-state index is 0.441. The van der Waals surface area contributed by atoms with Crippen molar-refractivity contribution in [3.8, 4) is 11.5 Å². The van der Waals surface area contributed by atoms with Crippen LogP contribution in [0.15, 0.2) is 35.5 Å². The summed E-state index contributed by atoms with van der Waals surface area (Å²) in [5.74, 6) is 1.09. The summed E-state index contributed by atoms with van der Waals surface area (Å²) in [6.07, 6.45) is 4.40. The first-order valence-electron chi connectivity index (χ1n) is 4.33. The van der Waals surface area contributed by atoms with Crippen molar-refractivity contribution < 1.29 is 4.42 Å². The Morgan fingerprint density at radius 1 is 1.33 bits per heavy atom. The van der Waals surface area contributed by atoms with Gasteiger partial charge in [0, 0.05) is 0 Å². The Morgan fingerprint density at radius 2 is 2.27 bits per heavy atom. The van der Waals surface area contributed by atoms with E-state index in [1.807, 2.05) is 12.1 Å². The van der Waals surface area contributed by atoms with Crippen molar-refractivity contribution in [3.05, 3.63) is 31.1 Å². The third-order valence-corrected chi connectivity index (χ3v) is 2.17. The Labute approximate surface area is 84.4 Å². The van der Waals surface area contributed by atoms with Gasteiger partial charge in [0.25, 0.3) is 0 Å². The smallest absolute Gasteiger partial charge is 0.181 e. The van der Waals surface area contributed by atoms with Crippen LogP contribution in [0.5, 0.6) is 0 Å². The van der Waals surface area contributed by atoms with E-state index in [0.29, 0.717) is 11.6 Å². The van der Waals surface area contributed by atoms with E-state index in [9.17, 15) is 0 Å². The zero-order valence-corrected chi connectivity index (χ0v) is 7.66. The summed E-state index contributed by atoms with van der Waals surface area (Å²) < 4.78 is 6.86. The predicted octanol–water partition coefficient (Wildman–Crippen LogP) is 0.966. The van der Waals surface area contributed by atoms with Crippen molar-refractivity contribution in [3.63, 3.8) is 0 Å². The molecule has 3 heterocycles. The summed E-state index contributed by atoms with van der Waals surface area (Å²) >= 11 is 0. The molecule has 0 aliphatic heterocycles. The quantitative estimate of drug-likeness (QED) is 0.634. The average Bonchev–Trinajstić information content (AvgIpc) is 2.85. The molecule has 6 heteroatoms. The first kappa shape index (κ1) is 7.98. The van der Waals surface area contributed by atoms with Crippen LogP contribution in [0.1, 0.15) is 0 Å². The highest BCUT2D eigenvalue weighted by atomic mass is 16.3. The van der Waals surface area contributed by atoms with Crippen molar-refractivity contribution in [2.45, 2.75) is 0 Å². The maximum absolute atomic E-state index is 5.70. The lowest BCUT2D eigenvalue weighted by Crippen LogP contribution is -1.99. The molecule has 0 fully saturated rings. The number of hydrogen-bond donors (Lipinski definition) is 1. The van der Waals surface area contributed by atoms with Crippen LogP contribution in [0, 0.1) is 0 Å². The maximum Gasteiger partial charge on any atom is 0.181 e. The van der Waals surface area contributed by atoms with Crippen LogP contribution >= 0.6 is 0 Å². The van der Waals surface area contributed by atoms with E-state index < -0.39 is 0 Å². The second kappa shape index (κ2) is 2.81. The molecule has 2 N–H and O–H groups in total. The van der Waals surface area contributed by atoms with Gasteiger partial charge in [-0.2, -0.15) is 5.10 Å². The standard InChI is InChI=1S/C9H7N5O/c10-9-7-2-1-6(8-3-11-5-15-8)14(7)13-4-12-9/h1-5H,(H2,10,12,13). The SMILES string of the molecule is Nc1ncnn2c(-c3cnco3)ccc12. The second-order valence-electron chi connectivity index (χ2n) is 3.03. The fraction of sp³-hybridized carbons (Fsp3) is 0. The second-order valence-corrected chi connectivity index (χ2v) is 3.03. The van der Waals surface area contributed by atoms with Crippen LogP contribution in [0.2, 0.25) is 0 Å². The van der Waals surface area contributed by atoms with E-state index in [2.05, 4.69) is 15.1 Å². The van der Waals surface area contributed by atoms with Gasteiger partial charge >= 0.3 is 0 Å². The lowest BCUT2D eigenvalue weighted by molar-refractivity contribution is 0.568. The van der Waals surface area contributed by atoms with Gasteiger partial charge in [0.05, 0.1) is 6.20 Å². The number of nitrogens with two attached hydrogens (primary N) is 1. The van der Waals surface area contributed by atoms with Crippen LogP contribution in [0.4, 0.5) is 5.82 Å². The first-order chi connectivity index (χ1) is 7.36. The lowest BCUT2D eigenvalue weighted by Gasteiger charge is -1.98. The van der Waals surface area contributed by atoms with Gasteiger partial charge < -0.3 is 10.2 Å². The topological polar surface area (TPSA) is 82.2 Å². The number of nitrogen functional groups attached to an aromatic ring is 1. The fourth-order valence-electron chi connectivity index (χ4n) is 1.48. The van der Waals surface area contributed by atoms with Gasteiger partial charge in [0.1, 0.15) is 17.5 Å². The monoisotopic (exact) mass is 201 g/mol. The fourth-order valence-corrected chi connectivity index (χ4v) is 1.48. The predicted molar refractivity (Wildman–Crippen MR) is 52.9 cm³/mol. The zero-order valence-electron chi connectivity index (χ0n) is 7.66. The van der Waals surface area contributed by atoms with Gasteiger partial charge in [0.2, 0.25) is 0 Å². The Kier molecular flexibility index (Phi) is 1.49. The molecule has 0 saturated heterocycles. The molecule has 3 rings (SSSR count). The molecule has 0 radical (unpaired) electrons. The summed E-state index contributed by atoms with van der Waals surface area (Å²) in [4.78, 5) is 7.75.